The Labute approximate surface area is 85.9 Å². The van der Waals surface area contributed by atoms with Gasteiger partial charge in [0.1, 0.15) is 6.07 Å². The van der Waals surface area contributed by atoms with E-state index in [9.17, 15) is 4.79 Å². The maximum atomic E-state index is 11.4. The molecule has 0 aliphatic carbocycles. The molecule has 0 saturated heterocycles. The molecule has 0 amide bonds. The molecule has 5 heteroatoms. The first-order valence-electron chi connectivity index (χ1n) is 4.51. The highest BCUT2D eigenvalue weighted by atomic mass is 28.4. The van der Waals surface area contributed by atoms with Gasteiger partial charge in [-0.3, -0.25) is 0 Å². The molecular weight excluding hydrogens is 198 g/mol. The monoisotopic (exact) mass is 215 g/mol. The van der Waals surface area contributed by atoms with Crippen molar-refractivity contribution in [2.45, 2.75) is 38.6 Å². The van der Waals surface area contributed by atoms with Crippen LogP contribution in [0, 0.1) is 11.3 Å². The summed E-state index contributed by atoms with van der Waals surface area (Å²) in [7, 11) is -0.675. The predicted molar refractivity (Wildman–Crippen MR) is 55.1 cm³/mol. The van der Waals surface area contributed by atoms with Gasteiger partial charge in [0.25, 0.3) is 0 Å². The highest BCUT2D eigenvalue weighted by Crippen LogP contribution is 2.22. The summed E-state index contributed by atoms with van der Waals surface area (Å²) in [6.07, 6.45) is 0.306. The van der Waals surface area contributed by atoms with Crippen molar-refractivity contribution in [3.63, 3.8) is 0 Å². The van der Waals surface area contributed by atoms with Crippen molar-refractivity contribution in [1.82, 2.24) is 0 Å². The molecule has 0 aromatic heterocycles. The van der Waals surface area contributed by atoms with Gasteiger partial charge in [0.05, 0.1) is 7.11 Å². The van der Waals surface area contributed by atoms with Gasteiger partial charge < -0.3 is 9.16 Å². The first-order chi connectivity index (χ1) is 6.31. The number of rotatable bonds is 4. The minimum Gasteiger partial charge on any atom is -0.466 e. The van der Waals surface area contributed by atoms with Crippen LogP contribution in [0.15, 0.2) is 0 Å². The number of carbonyl (C=O) groups is 1. The molecule has 0 aliphatic heterocycles. The average molecular weight is 215 g/mol. The van der Waals surface area contributed by atoms with Crippen LogP contribution in [0.1, 0.15) is 13.3 Å². The lowest BCUT2D eigenvalue weighted by molar-refractivity contribution is -0.155. The van der Waals surface area contributed by atoms with E-state index in [1.165, 1.54) is 7.11 Å². The van der Waals surface area contributed by atoms with E-state index in [-0.39, 0.29) is 0 Å². The molecule has 0 aromatic rings. The first kappa shape index (κ1) is 13.1. The maximum absolute atomic E-state index is 11.4. The third kappa shape index (κ3) is 3.12. The Kier molecular flexibility index (Phi) is 4.29. The van der Waals surface area contributed by atoms with E-state index in [4.69, 9.17) is 9.69 Å². The summed E-state index contributed by atoms with van der Waals surface area (Å²) in [6.45, 7) is 7.52. The molecule has 0 bridgehead atoms. The number of hydrogen-bond acceptors (Lipinski definition) is 4. The molecule has 0 heterocycles. The predicted octanol–water partition coefficient (Wildman–Crippen LogP) is 1.68. The summed E-state index contributed by atoms with van der Waals surface area (Å²) >= 11 is 0. The van der Waals surface area contributed by atoms with Gasteiger partial charge in [0, 0.05) is 0 Å². The van der Waals surface area contributed by atoms with Crippen LogP contribution >= 0.6 is 0 Å². The molecule has 0 N–H and O–H groups in total. The third-order valence-electron chi connectivity index (χ3n) is 1.67. The molecule has 80 valence electrons. The van der Waals surface area contributed by atoms with Gasteiger partial charge in [0.2, 0.25) is 5.60 Å². The Morgan fingerprint density at radius 2 is 2.00 bits per heavy atom. The maximum Gasteiger partial charge on any atom is 0.352 e. The molecule has 1 atom stereocenters. The molecule has 0 radical (unpaired) electrons. The van der Waals surface area contributed by atoms with Crippen LogP contribution in [0.5, 0.6) is 0 Å². The third-order valence-corrected chi connectivity index (χ3v) is 2.63. The summed E-state index contributed by atoms with van der Waals surface area (Å²) in [5.41, 5.74) is -1.42. The number of carbonyl (C=O) groups excluding carboxylic acids is 1. The largest absolute Gasteiger partial charge is 0.466 e. The molecule has 0 saturated carbocycles. The number of methoxy groups -OCH3 is 1. The van der Waals surface area contributed by atoms with Crippen molar-refractivity contribution < 1.29 is 14.0 Å². The average Bonchev–Trinajstić information content (AvgIpc) is 2.11. The molecular formula is C9H17NO3Si. The molecule has 1 unspecified atom stereocenters. The second-order valence-corrected chi connectivity index (χ2v) is 8.43. The Morgan fingerprint density at radius 3 is 2.21 bits per heavy atom. The number of esters is 1. The van der Waals surface area contributed by atoms with Crippen LogP contribution in [-0.2, 0) is 14.0 Å². The van der Waals surface area contributed by atoms with Crippen LogP contribution in [0.4, 0.5) is 0 Å². The van der Waals surface area contributed by atoms with Crippen molar-refractivity contribution in [2.75, 3.05) is 7.11 Å². The molecule has 0 rings (SSSR count). The topological polar surface area (TPSA) is 59.3 Å². The van der Waals surface area contributed by atoms with Crippen molar-refractivity contribution in [2.24, 2.45) is 0 Å². The van der Waals surface area contributed by atoms with Gasteiger partial charge in [0.15, 0.2) is 8.32 Å². The standard InChI is InChI=1S/C9H17NO3Si/c1-6-9(7-10,8(11)12-2)13-14(3,4)5/h6H2,1-5H3. The zero-order chi connectivity index (χ0) is 11.4. The van der Waals surface area contributed by atoms with Crippen molar-refractivity contribution in [3.05, 3.63) is 0 Å². The van der Waals surface area contributed by atoms with E-state index in [1.807, 2.05) is 25.7 Å². The van der Waals surface area contributed by atoms with E-state index in [2.05, 4.69) is 4.74 Å². The number of nitrogens with zero attached hydrogens (tertiary/aromatic N) is 1. The zero-order valence-corrected chi connectivity index (χ0v) is 10.4. The Bertz CT molecular complexity index is 254. The zero-order valence-electron chi connectivity index (χ0n) is 9.38. The van der Waals surface area contributed by atoms with Crippen LogP contribution in [-0.4, -0.2) is 27.0 Å². The van der Waals surface area contributed by atoms with Crippen molar-refractivity contribution in [1.29, 1.82) is 5.26 Å². The Hall–Kier alpha value is -0.863. The van der Waals surface area contributed by atoms with E-state index in [1.54, 1.807) is 6.92 Å². The van der Waals surface area contributed by atoms with E-state index < -0.39 is 19.9 Å². The molecule has 0 aliphatic rings. The van der Waals surface area contributed by atoms with Crippen molar-refractivity contribution >= 4 is 14.3 Å². The summed E-state index contributed by atoms with van der Waals surface area (Å²) in [6, 6.07) is 1.91. The fraction of sp³-hybridized carbons (Fsp3) is 0.778. The highest BCUT2D eigenvalue weighted by molar-refractivity contribution is 6.70. The molecule has 0 fully saturated rings. The number of ether oxygens (including phenoxy) is 1. The molecule has 14 heavy (non-hydrogen) atoms. The van der Waals surface area contributed by atoms with Gasteiger partial charge in [-0.2, -0.15) is 5.26 Å². The number of nitriles is 1. The lowest BCUT2D eigenvalue weighted by Crippen LogP contribution is -2.47. The van der Waals surface area contributed by atoms with Gasteiger partial charge in [-0.15, -0.1) is 0 Å². The Morgan fingerprint density at radius 1 is 1.50 bits per heavy atom. The molecule has 0 spiro atoms. The summed E-state index contributed by atoms with van der Waals surface area (Å²) < 4.78 is 10.2. The minimum absolute atomic E-state index is 0.306. The summed E-state index contributed by atoms with van der Waals surface area (Å²) in [5, 5.41) is 8.99. The van der Waals surface area contributed by atoms with Gasteiger partial charge >= 0.3 is 5.97 Å². The smallest absolute Gasteiger partial charge is 0.352 e. The molecule has 0 aromatic carbocycles. The lowest BCUT2D eigenvalue weighted by atomic mass is 10.0. The Balaban J connectivity index is 4.92. The minimum atomic E-state index is -1.94. The molecule has 4 nitrogen and oxygen atoms in total. The van der Waals surface area contributed by atoms with Crippen molar-refractivity contribution in [3.8, 4) is 6.07 Å². The van der Waals surface area contributed by atoms with E-state index >= 15 is 0 Å². The van der Waals surface area contributed by atoms with Crippen LogP contribution < -0.4 is 0 Å². The quantitative estimate of drug-likeness (QED) is 0.529. The van der Waals surface area contributed by atoms with Crippen LogP contribution in [0.25, 0.3) is 0 Å². The van der Waals surface area contributed by atoms with Gasteiger partial charge in [-0.25, -0.2) is 4.79 Å². The second kappa shape index (κ2) is 4.58. The first-order valence-corrected chi connectivity index (χ1v) is 7.92. The van der Waals surface area contributed by atoms with E-state index in [0.29, 0.717) is 6.42 Å². The lowest BCUT2D eigenvalue weighted by Gasteiger charge is -2.30. The van der Waals surface area contributed by atoms with Crippen LogP contribution in [0.2, 0.25) is 19.6 Å². The summed E-state index contributed by atoms with van der Waals surface area (Å²) in [4.78, 5) is 11.4. The fourth-order valence-electron chi connectivity index (χ4n) is 1.09. The fourth-order valence-corrected chi connectivity index (χ4v) is 2.41. The van der Waals surface area contributed by atoms with Gasteiger partial charge in [-0.05, 0) is 26.1 Å². The number of hydrogen-bond donors (Lipinski definition) is 0. The SMILES string of the molecule is CCC(C#N)(O[Si](C)(C)C)C(=O)OC. The highest BCUT2D eigenvalue weighted by Gasteiger charge is 2.43. The van der Waals surface area contributed by atoms with Crippen LogP contribution in [0.3, 0.4) is 0 Å². The second-order valence-electron chi connectivity index (χ2n) is 4.00. The normalized spacial score (nSPS) is 15.4. The van der Waals surface area contributed by atoms with Gasteiger partial charge in [-0.1, -0.05) is 6.92 Å². The summed E-state index contributed by atoms with van der Waals surface area (Å²) in [5.74, 6) is -0.607. The van der Waals surface area contributed by atoms with E-state index in [0.717, 1.165) is 0 Å².